The highest BCUT2D eigenvalue weighted by molar-refractivity contribution is 5.95. The molecule has 1 saturated carbocycles. The van der Waals surface area contributed by atoms with Crippen LogP contribution in [0.5, 0.6) is 0 Å². The second-order valence-corrected chi connectivity index (χ2v) is 6.59. The van der Waals surface area contributed by atoms with Crippen molar-refractivity contribution in [3.05, 3.63) is 29.3 Å². The Bertz CT molecular complexity index is 526. The maximum atomic E-state index is 12.5. The molecule has 0 aromatic heterocycles. The highest BCUT2D eigenvalue weighted by Gasteiger charge is 2.32. The Kier molecular flexibility index (Phi) is 4.18. The maximum Gasteiger partial charge on any atom is 0.251 e. The Labute approximate surface area is 127 Å². The number of hydrogen-bond acceptors (Lipinski definition) is 2. The summed E-state index contributed by atoms with van der Waals surface area (Å²) in [5.41, 5.74) is 3.28. The Morgan fingerprint density at radius 3 is 3.00 bits per heavy atom. The van der Waals surface area contributed by atoms with Crippen molar-refractivity contribution in [2.75, 3.05) is 11.9 Å². The number of nitrogens with one attached hydrogen (secondary N) is 2. The van der Waals surface area contributed by atoms with Crippen LogP contribution in [0.4, 0.5) is 5.69 Å². The fourth-order valence-electron chi connectivity index (χ4n) is 3.90. The molecule has 3 nitrogen and oxygen atoms in total. The fraction of sp³-hybridized carbons (Fsp3) is 0.611. The molecule has 1 aliphatic heterocycles. The van der Waals surface area contributed by atoms with E-state index in [0.29, 0.717) is 12.0 Å². The zero-order valence-electron chi connectivity index (χ0n) is 13.1. The zero-order chi connectivity index (χ0) is 14.8. The van der Waals surface area contributed by atoms with E-state index < -0.39 is 0 Å². The minimum atomic E-state index is 0.0944. The molecule has 1 fully saturated rings. The van der Waals surface area contributed by atoms with Crippen molar-refractivity contribution in [3.8, 4) is 0 Å². The molecule has 3 unspecified atom stereocenters. The Morgan fingerprint density at radius 2 is 2.24 bits per heavy atom. The van der Waals surface area contributed by atoms with Crippen LogP contribution >= 0.6 is 0 Å². The quantitative estimate of drug-likeness (QED) is 0.891. The third-order valence-electron chi connectivity index (χ3n) is 5.37. The van der Waals surface area contributed by atoms with E-state index in [9.17, 15) is 4.79 Å². The first kappa shape index (κ1) is 14.4. The Hall–Kier alpha value is -1.51. The van der Waals surface area contributed by atoms with Crippen LogP contribution in [-0.2, 0) is 6.42 Å². The van der Waals surface area contributed by atoms with Gasteiger partial charge in [0.2, 0.25) is 0 Å². The summed E-state index contributed by atoms with van der Waals surface area (Å²) in [6, 6.07) is 6.41. The van der Waals surface area contributed by atoms with Gasteiger partial charge in [-0.25, -0.2) is 0 Å². The summed E-state index contributed by atoms with van der Waals surface area (Å²) < 4.78 is 0. The molecule has 0 saturated heterocycles. The van der Waals surface area contributed by atoms with Crippen molar-refractivity contribution in [2.45, 2.75) is 52.0 Å². The SMILES string of the molecule is CCC1CCC(NC(=O)c2ccc3c(c2)CCCN3)C1C. The number of carbonyl (C=O) groups is 1. The second kappa shape index (κ2) is 6.08. The lowest BCUT2D eigenvalue weighted by Crippen LogP contribution is -2.37. The topological polar surface area (TPSA) is 41.1 Å². The van der Waals surface area contributed by atoms with E-state index in [0.717, 1.165) is 37.3 Å². The predicted octanol–water partition coefficient (Wildman–Crippen LogP) is 3.60. The van der Waals surface area contributed by atoms with Gasteiger partial charge in [0.1, 0.15) is 0 Å². The van der Waals surface area contributed by atoms with Crippen LogP contribution in [0.15, 0.2) is 18.2 Å². The minimum Gasteiger partial charge on any atom is -0.385 e. The van der Waals surface area contributed by atoms with Gasteiger partial charge in [0.25, 0.3) is 5.91 Å². The van der Waals surface area contributed by atoms with E-state index in [1.807, 2.05) is 6.07 Å². The molecule has 1 aromatic rings. The molecule has 21 heavy (non-hydrogen) atoms. The molecule has 0 spiro atoms. The van der Waals surface area contributed by atoms with Gasteiger partial charge in [-0.1, -0.05) is 20.3 Å². The lowest BCUT2D eigenvalue weighted by Gasteiger charge is -2.22. The molecule has 1 heterocycles. The van der Waals surface area contributed by atoms with Gasteiger partial charge in [-0.2, -0.15) is 0 Å². The zero-order valence-corrected chi connectivity index (χ0v) is 13.1. The molecule has 2 aliphatic rings. The normalized spacial score (nSPS) is 27.8. The molecule has 2 N–H and O–H groups in total. The molecular weight excluding hydrogens is 260 g/mol. The summed E-state index contributed by atoms with van der Waals surface area (Å²) in [4.78, 5) is 12.5. The first-order chi connectivity index (χ1) is 10.2. The van der Waals surface area contributed by atoms with Crippen molar-refractivity contribution < 1.29 is 4.79 Å². The Balaban J connectivity index is 1.68. The largest absolute Gasteiger partial charge is 0.385 e. The number of aryl methyl sites for hydroxylation is 1. The van der Waals surface area contributed by atoms with Gasteiger partial charge in [0.15, 0.2) is 0 Å². The van der Waals surface area contributed by atoms with Gasteiger partial charge in [-0.15, -0.1) is 0 Å². The molecule has 3 atom stereocenters. The van der Waals surface area contributed by atoms with E-state index in [1.54, 1.807) is 0 Å². The summed E-state index contributed by atoms with van der Waals surface area (Å²) in [6.07, 6.45) is 5.81. The Morgan fingerprint density at radius 1 is 1.38 bits per heavy atom. The van der Waals surface area contributed by atoms with E-state index in [-0.39, 0.29) is 5.91 Å². The van der Waals surface area contributed by atoms with E-state index in [2.05, 4.69) is 36.6 Å². The van der Waals surface area contributed by atoms with Gasteiger partial charge in [0.05, 0.1) is 0 Å². The van der Waals surface area contributed by atoms with Crippen molar-refractivity contribution in [3.63, 3.8) is 0 Å². The fourth-order valence-corrected chi connectivity index (χ4v) is 3.90. The van der Waals surface area contributed by atoms with E-state index >= 15 is 0 Å². The summed E-state index contributed by atoms with van der Waals surface area (Å²) in [7, 11) is 0. The number of benzene rings is 1. The molecule has 1 amide bonds. The monoisotopic (exact) mass is 286 g/mol. The lowest BCUT2D eigenvalue weighted by atomic mass is 9.93. The average Bonchev–Trinajstić information content (AvgIpc) is 2.87. The lowest BCUT2D eigenvalue weighted by molar-refractivity contribution is 0.0926. The number of anilines is 1. The molecule has 0 radical (unpaired) electrons. The van der Waals surface area contributed by atoms with E-state index in [1.165, 1.54) is 24.1 Å². The third-order valence-corrected chi connectivity index (χ3v) is 5.37. The van der Waals surface area contributed by atoms with Crippen LogP contribution < -0.4 is 10.6 Å². The van der Waals surface area contributed by atoms with Gasteiger partial charge in [-0.3, -0.25) is 4.79 Å². The van der Waals surface area contributed by atoms with Crippen molar-refractivity contribution in [2.24, 2.45) is 11.8 Å². The van der Waals surface area contributed by atoms with Crippen LogP contribution in [0.2, 0.25) is 0 Å². The van der Waals surface area contributed by atoms with Crippen molar-refractivity contribution in [1.29, 1.82) is 0 Å². The highest BCUT2D eigenvalue weighted by Crippen LogP contribution is 2.34. The number of fused-ring (bicyclic) bond motifs is 1. The van der Waals surface area contributed by atoms with Gasteiger partial charge >= 0.3 is 0 Å². The predicted molar refractivity (Wildman–Crippen MR) is 86.7 cm³/mol. The summed E-state index contributed by atoms with van der Waals surface area (Å²) in [5, 5.41) is 6.65. The molecule has 3 heteroatoms. The first-order valence-electron chi connectivity index (χ1n) is 8.36. The van der Waals surface area contributed by atoms with Crippen molar-refractivity contribution in [1.82, 2.24) is 5.32 Å². The molecular formula is C18H26N2O. The molecule has 3 rings (SSSR count). The number of rotatable bonds is 3. The van der Waals surface area contributed by atoms with E-state index in [4.69, 9.17) is 0 Å². The summed E-state index contributed by atoms with van der Waals surface area (Å²) >= 11 is 0. The molecule has 0 bridgehead atoms. The van der Waals surface area contributed by atoms with Crippen LogP contribution in [-0.4, -0.2) is 18.5 Å². The highest BCUT2D eigenvalue weighted by atomic mass is 16.1. The van der Waals surface area contributed by atoms with Crippen LogP contribution in [0.25, 0.3) is 0 Å². The van der Waals surface area contributed by atoms with Crippen LogP contribution in [0, 0.1) is 11.8 Å². The molecule has 1 aromatic carbocycles. The number of hydrogen-bond donors (Lipinski definition) is 2. The summed E-state index contributed by atoms with van der Waals surface area (Å²) in [5.74, 6) is 1.46. The van der Waals surface area contributed by atoms with Crippen molar-refractivity contribution >= 4 is 11.6 Å². The van der Waals surface area contributed by atoms with Crippen LogP contribution in [0.1, 0.15) is 55.5 Å². The maximum absolute atomic E-state index is 12.5. The third kappa shape index (κ3) is 2.92. The number of amides is 1. The number of carbonyl (C=O) groups excluding carboxylic acids is 1. The standard InChI is InChI=1S/C18H26N2O/c1-3-13-6-8-16(12(13)2)20-18(21)15-7-9-17-14(11-15)5-4-10-19-17/h7,9,11-13,16,19H,3-6,8,10H2,1-2H3,(H,20,21). The van der Waals surface area contributed by atoms with Gasteiger partial charge in [-0.05, 0) is 61.3 Å². The molecule has 114 valence electrons. The smallest absolute Gasteiger partial charge is 0.251 e. The minimum absolute atomic E-state index is 0.0944. The van der Waals surface area contributed by atoms with Crippen LogP contribution in [0.3, 0.4) is 0 Å². The summed E-state index contributed by atoms with van der Waals surface area (Å²) in [6.45, 7) is 5.57. The van der Waals surface area contributed by atoms with Gasteiger partial charge < -0.3 is 10.6 Å². The molecule has 1 aliphatic carbocycles. The van der Waals surface area contributed by atoms with Gasteiger partial charge in [0, 0.05) is 23.8 Å². The first-order valence-corrected chi connectivity index (χ1v) is 8.36. The average molecular weight is 286 g/mol. The second-order valence-electron chi connectivity index (χ2n) is 6.59.